The van der Waals surface area contributed by atoms with Gasteiger partial charge in [0.25, 0.3) is 0 Å². The molecule has 1 aromatic heterocycles. The van der Waals surface area contributed by atoms with Crippen LogP contribution < -0.4 is 14.8 Å². The number of likely N-dealkylation sites (tertiary alicyclic amines) is 1. The maximum atomic E-state index is 12.6. The molecule has 3 aromatic rings. The summed E-state index contributed by atoms with van der Waals surface area (Å²) in [4.78, 5) is 26.2. The Labute approximate surface area is 205 Å². The summed E-state index contributed by atoms with van der Waals surface area (Å²) in [6.07, 6.45) is 5.61. The molecule has 1 aliphatic heterocycles. The Morgan fingerprint density at radius 2 is 2.00 bits per heavy atom. The van der Waals surface area contributed by atoms with Crippen molar-refractivity contribution in [2.24, 2.45) is 0 Å². The van der Waals surface area contributed by atoms with E-state index in [0.717, 1.165) is 63.9 Å². The Bertz CT molecular complexity index is 1270. The molecule has 7 heteroatoms. The lowest BCUT2D eigenvalue weighted by molar-refractivity contribution is -0.127. The first-order valence-corrected chi connectivity index (χ1v) is 11.9. The molecule has 184 valence electrons. The lowest BCUT2D eigenvalue weighted by atomic mass is 9.96. The Morgan fingerprint density at radius 1 is 1.20 bits per heavy atom. The van der Waals surface area contributed by atoms with Gasteiger partial charge in [-0.15, -0.1) is 0 Å². The molecular formula is C28H32N2O5. The largest absolute Gasteiger partial charge is 0.496 e. The van der Waals surface area contributed by atoms with Crippen molar-refractivity contribution in [2.75, 3.05) is 33.9 Å². The van der Waals surface area contributed by atoms with Crippen molar-refractivity contribution in [3.8, 4) is 22.6 Å². The van der Waals surface area contributed by atoms with Gasteiger partial charge in [0, 0.05) is 59.8 Å². The molecular weight excluding hydrogens is 444 g/mol. The number of carbonyl (C=O) groups excluding carboxylic acids is 2. The monoisotopic (exact) mass is 476 g/mol. The molecule has 7 nitrogen and oxygen atoms in total. The molecule has 4 rings (SSSR count). The number of nitrogens with zero attached hydrogens (tertiary/aromatic N) is 1. The van der Waals surface area contributed by atoms with Gasteiger partial charge in [0.05, 0.1) is 20.5 Å². The predicted molar refractivity (Wildman–Crippen MR) is 137 cm³/mol. The molecule has 2 amide bonds. The van der Waals surface area contributed by atoms with Crippen molar-refractivity contribution in [1.82, 2.24) is 10.2 Å². The first kappa shape index (κ1) is 24.4. The minimum absolute atomic E-state index is 0.174. The molecule has 0 aliphatic carbocycles. The molecule has 2 heterocycles. The Hall–Kier alpha value is -3.74. The summed E-state index contributed by atoms with van der Waals surface area (Å²) in [7, 11) is 3.27. The number of hydrogen-bond acceptors (Lipinski definition) is 5. The number of ether oxygens (including phenoxy) is 2. The van der Waals surface area contributed by atoms with Gasteiger partial charge in [-0.1, -0.05) is 18.2 Å². The molecule has 0 spiro atoms. The number of rotatable bonds is 9. The van der Waals surface area contributed by atoms with Gasteiger partial charge in [0.15, 0.2) is 0 Å². The number of para-hydroxylation sites is 1. The fourth-order valence-corrected chi connectivity index (χ4v) is 4.69. The van der Waals surface area contributed by atoms with E-state index in [0.29, 0.717) is 25.3 Å². The van der Waals surface area contributed by atoms with E-state index in [1.165, 1.54) is 0 Å². The molecule has 1 fully saturated rings. The van der Waals surface area contributed by atoms with E-state index in [-0.39, 0.29) is 11.8 Å². The van der Waals surface area contributed by atoms with E-state index in [4.69, 9.17) is 13.9 Å². The minimum Gasteiger partial charge on any atom is -0.496 e. The number of allylic oxidation sites excluding steroid dienone is 1. The van der Waals surface area contributed by atoms with Crippen LogP contribution in [0, 0.1) is 6.92 Å². The van der Waals surface area contributed by atoms with Crippen molar-refractivity contribution in [1.29, 1.82) is 0 Å². The number of furan rings is 1. The van der Waals surface area contributed by atoms with Crippen molar-refractivity contribution in [3.05, 3.63) is 53.8 Å². The first-order chi connectivity index (χ1) is 16.9. The average molecular weight is 477 g/mol. The van der Waals surface area contributed by atoms with Gasteiger partial charge in [-0.2, -0.15) is 0 Å². The Morgan fingerprint density at radius 3 is 2.71 bits per heavy atom. The standard InChI is InChI=1S/C28H32N2O5/c1-18(15-25(31)29-12-8-14-30-13-7-11-26(30)32)21-16-22-23(20-9-5-6-10-24(20)33-3)17-35-28(22)19(2)27(21)34-4/h5-6,9-10,15-17H,7-8,11-14H2,1-4H3,(H,29,31)/b18-15+. The molecule has 0 saturated carbocycles. The Kier molecular flexibility index (Phi) is 7.44. The second-order valence-corrected chi connectivity index (χ2v) is 8.76. The fourth-order valence-electron chi connectivity index (χ4n) is 4.69. The summed E-state index contributed by atoms with van der Waals surface area (Å²) in [5.74, 6) is 1.46. The van der Waals surface area contributed by atoms with Crippen molar-refractivity contribution < 1.29 is 23.5 Å². The van der Waals surface area contributed by atoms with E-state index in [1.807, 2.05) is 49.1 Å². The summed E-state index contributed by atoms with van der Waals surface area (Å²) >= 11 is 0. The second kappa shape index (κ2) is 10.7. The van der Waals surface area contributed by atoms with Crippen molar-refractivity contribution >= 4 is 28.4 Å². The van der Waals surface area contributed by atoms with Gasteiger partial charge < -0.3 is 24.1 Å². The third-order valence-corrected chi connectivity index (χ3v) is 6.49. The normalized spacial score (nSPS) is 14.0. The summed E-state index contributed by atoms with van der Waals surface area (Å²) in [6, 6.07) is 9.81. The van der Waals surface area contributed by atoms with Gasteiger partial charge in [-0.05, 0) is 44.4 Å². The van der Waals surface area contributed by atoms with Crippen molar-refractivity contribution in [2.45, 2.75) is 33.1 Å². The summed E-state index contributed by atoms with van der Waals surface area (Å²) in [5, 5.41) is 3.85. The highest BCUT2D eigenvalue weighted by molar-refractivity contribution is 6.02. The summed E-state index contributed by atoms with van der Waals surface area (Å²) in [6.45, 7) is 5.86. The SMILES string of the molecule is COc1ccccc1-c1coc2c(C)c(OC)c(/C(C)=C/C(=O)NCCCN3CCCC3=O)cc12. The topological polar surface area (TPSA) is 81.0 Å². The lowest BCUT2D eigenvalue weighted by Crippen LogP contribution is -2.30. The molecule has 0 bridgehead atoms. The van der Waals surface area contributed by atoms with Gasteiger partial charge >= 0.3 is 0 Å². The van der Waals surface area contributed by atoms with E-state index < -0.39 is 0 Å². The predicted octanol–water partition coefficient (Wildman–Crippen LogP) is 4.96. The van der Waals surface area contributed by atoms with E-state index >= 15 is 0 Å². The number of fused-ring (bicyclic) bond motifs is 1. The van der Waals surface area contributed by atoms with Gasteiger partial charge in [0.2, 0.25) is 11.8 Å². The lowest BCUT2D eigenvalue weighted by Gasteiger charge is -2.15. The molecule has 0 radical (unpaired) electrons. The minimum atomic E-state index is -0.174. The van der Waals surface area contributed by atoms with Gasteiger partial charge in [-0.25, -0.2) is 0 Å². The number of aryl methyl sites for hydroxylation is 1. The Balaban J connectivity index is 1.58. The van der Waals surface area contributed by atoms with Crippen molar-refractivity contribution in [3.63, 3.8) is 0 Å². The van der Waals surface area contributed by atoms with Crippen LogP contribution in [0.25, 0.3) is 27.7 Å². The highest BCUT2D eigenvalue weighted by Crippen LogP contribution is 2.42. The molecule has 1 aliphatic rings. The second-order valence-electron chi connectivity index (χ2n) is 8.76. The van der Waals surface area contributed by atoms with Crippen LogP contribution in [0.2, 0.25) is 0 Å². The molecule has 2 aromatic carbocycles. The first-order valence-electron chi connectivity index (χ1n) is 11.9. The highest BCUT2D eigenvalue weighted by Gasteiger charge is 2.21. The number of benzene rings is 2. The van der Waals surface area contributed by atoms with Crippen LogP contribution in [0.4, 0.5) is 0 Å². The maximum Gasteiger partial charge on any atom is 0.244 e. The average Bonchev–Trinajstić information content (AvgIpc) is 3.47. The quantitative estimate of drug-likeness (QED) is 0.349. The zero-order valence-electron chi connectivity index (χ0n) is 20.8. The molecule has 0 unspecified atom stereocenters. The zero-order chi connectivity index (χ0) is 24.9. The number of amides is 2. The van der Waals surface area contributed by atoms with Gasteiger partial charge in [0.1, 0.15) is 17.1 Å². The third-order valence-electron chi connectivity index (χ3n) is 6.49. The van der Waals surface area contributed by atoms with E-state index in [2.05, 4.69) is 5.32 Å². The van der Waals surface area contributed by atoms with Crippen LogP contribution in [0.15, 0.2) is 47.1 Å². The summed E-state index contributed by atoms with van der Waals surface area (Å²) in [5.41, 5.74) is 5.06. The van der Waals surface area contributed by atoms with Crippen LogP contribution in [0.5, 0.6) is 11.5 Å². The van der Waals surface area contributed by atoms with Crippen LogP contribution in [-0.4, -0.2) is 50.6 Å². The number of nitrogens with one attached hydrogen (secondary N) is 1. The molecule has 0 atom stereocenters. The van der Waals surface area contributed by atoms with Crippen LogP contribution >= 0.6 is 0 Å². The van der Waals surface area contributed by atoms with Crippen LogP contribution in [0.3, 0.4) is 0 Å². The van der Waals surface area contributed by atoms with Crippen LogP contribution in [-0.2, 0) is 9.59 Å². The molecule has 1 saturated heterocycles. The highest BCUT2D eigenvalue weighted by atomic mass is 16.5. The number of hydrogen-bond donors (Lipinski definition) is 1. The van der Waals surface area contributed by atoms with E-state index in [9.17, 15) is 9.59 Å². The number of methoxy groups -OCH3 is 2. The smallest absolute Gasteiger partial charge is 0.244 e. The fraction of sp³-hybridized carbons (Fsp3) is 0.357. The molecule has 35 heavy (non-hydrogen) atoms. The molecule has 1 N–H and O–H groups in total. The van der Waals surface area contributed by atoms with E-state index in [1.54, 1.807) is 26.6 Å². The van der Waals surface area contributed by atoms with Crippen LogP contribution in [0.1, 0.15) is 37.3 Å². The zero-order valence-corrected chi connectivity index (χ0v) is 20.8. The summed E-state index contributed by atoms with van der Waals surface area (Å²) < 4.78 is 17.2. The van der Waals surface area contributed by atoms with Gasteiger partial charge in [-0.3, -0.25) is 9.59 Å². The maximum absolute atomic E-state index is 12.6. The third kappa shape index (κ3) is 5.04. The number of carbonyl (C=O) groups is 2.